The normalized spacial score (nSPS) is 16.0. The topological polar surface area (TPSA) is 56.7 Å². The molecule has 3 unspecified atom stereocenters. The first kappa shape index (κ1) is 13.7. The molecule has 0 aliphatic carbocycles. The molecule has 0 saturated carbocycles. The van der Waals surface area contributed by atoms with Gasteiger partial charge in [-0.25, -0.2) is 0 Å². The lowest BCUT2D eigenvalue weighted by atomic mass is 9.79. The van der Waals surface area contributed by atoms with Crippen LogP contribution in [0.5, 0.6) is 0 Å². The molecule has 4 heteroatoms. The lowest BCUT2D eigenvalue weighted by Crippen LogP contribution is -2.26. The predicted octanol–water partition coefficient (Wildman–Crippen LogP) is 2.64. The Balaban J connectivity index is 2.36. The van der Waals surface area contributed by atoms with Crippen molar-refractivity contribution in [2.45, 2.75) is 32.2 Å². The lowest BCUT2D eigenvalue weighted by molar-refractivity contribution is 0.376. The van der Waals surface area contributed by atoms with Gasteiger partial charge in [-0.15, -0.1) is 5.10 Å². The van der Waals surface area contributed by atoms with E-state index in [0.717, 1.165) is 12.1 Å². The molecule has 0 amide bonds. The molecule has 19 heavy (non-hydrogen) atoms. The summed E-state index contributed by atoms with van der Waals surface area (Å²) in [5, 5.41) is 7.92. The highest BCUT2D eigenvalue weighted by atomic mass is 15.4. The Morgan fingerprint density at radius 3 is 2.47 bits per heavy atom. The van der Waals surface area contributed by atoms with E-state index in [4.69, 9.17) is 5.73 Å². The molecule has 0 saturated heterocycles. The molecule has 0 aliphatic heterocycles. The third-order valence-electron chi connectivity index (χ3n) is 3.92. The first-order valence-electron chi connectivity index (χ1n) is 6.80. The Labute approximate surface area is 114 Å². The van der Waals surface area contributed by atoms with Gasteiger partial charge in [-0.05, 0) is 11.5 Å². The molecule has 2 aromatic rings. The van der Waals surface area contributed by atoms with E-state index in [9.17, 15) is 0 Å². The maximum Gasteiger partial charge on any atom is 0.0757 e. The lowest BCUT2D eigenvalue weighted by Gasteiger charge is -2.29. The van der Waals surface area contributed by atoms with Crippen LogP contribution < -0.4 is 5.73 Å². The number of benzene rings is 1. The van der Waals surface area contributed by atoms with Crippen molar-refractivity contribution in [1.29, 1.82) is 0 Å². The zero-order valence-corrected chi connectivity index (χ0v) is 11.8. The average molecular weight is 258 g/mol. The van der Waals surface area contributed by atoms with E-state index >= 15 is 0 Å². The van der Waals surface area contributed by atoms with Crippen LogP contribution in [0.15, 0.2) is 36.5 Å². The molecule has 1 aromatic heterocycles. The molecule has 0 aliphatic rings. The van der Waals surface area contributed by atoms with Gasteiger partial charge in [0.15, 0.2) is 0 Å². The first-order valence-corrected chi connectivity index (χ1v) is 6.80. The zero-order chi connectivity index (χ0) is 13.8. The van der Waals surface area contributed by atoms with Gasteiger partial charge >= 0.3 is 0 Å². The van der Waals surface area contributed by atoms with Gasteiger partial charge in [0.2, 0.25) is 0 Å². The van der Waals surface area contributed by atoms with Crippen molar-refractivity contribution in [1.82, 2.24) is 15.0 Å². The summed E-state index contributed by atoms with van der Waals surface area (Å²) < 4.78 is 1.77. The number of hydrogen-bond donors (Lipinski definition) is 1. The van der Waals surface area contributed by atoms with Gasteiger partial charge in [-0.2, -0.15) is 0 Å². The number of rotatable bonds is 5. The third kappa shape index (κ3) is 2.84. The predicted molar refractivity (Wildman–Crippen MR) is 76.6 cm³/mol. The van der Waals surface area contributed by atoms with Gasteiger partial charge < -0.3 is 5.73 Å². The van der Waals surface area contributed by atoms with E-state index in [2.05, 4.69) is 48.4 Å². The van der Waals surface area contributed by atoms with Crippen LogP contribution in [0.1, 0.15) is 43.5 Å². The third-order valence-corrected chi connectivity index (χ3v) is 3.92. The highest BCUT2D eigenvalue weighted by Crippen LogP contribution is 2.36. The second-order valence-corrected chi connectivity index (χ2v) is 5.13. The molecule has 2 N–H and O–H groups in total. The molecule has 2 rings (SSSR count). The summed E-state index contributed by atoms with van der Waals surface area (Å²) in [6.07, 6.45) is 2.86. The molecular weight excluding hydrogens is 236 g/mol. The van der Waals surface area contributed by atoms with E-state index in [1.165, 1.54) is 5.56 Å². The first-order chi connectivity index (χ1) is 9.15. The monoisotopic (exact) mass is 258 g/mol. The molecule has 1 aromatic carbocycles. The Hall–Kier alpha value is -1.68. The molecule has 1 heterocycles. The Morgan fingerprint density at radius 1 is 1.26 bits per heavy atom. The summed E-state index contributed by atoms with van der Waals surface area (Å²) >= 11 is 0. The number of aromatic nitrogens is 3. The van der Waals surface area contributed by atoms with Crippen molar-refractivity contribution >= 4 is 0 Å². The quantitative estimate of drug-likeness (QED) is 0.897. The maximum absolute atomic E-state index is 6.49. The van der Waals surface area contributed by atoms with E-state index in [0.29, 0.717) is 5.92 Å². The second-order valence-electron chi connectivity index (χ2n) is 5.13. The van der Waals surface area contributed by atoms with Crippen LogP contribution in [0.3, 0.4) is 0 Å². The summed E-state index contributed by atoms with van der Waals surface area (Å²) in [5.41, 5.74) is 8.76. The second kappa shape index (κ2) is 5.97. The van der Waals surface area contributed by atoms with Gasteiger partial charge in [0.05, 0.1) is 17.9 Å². The Kier molecular flexibility index (Phi) is 4.32. The van der Waals surface area contributed by atoms with E-state index in [-0.39, 0.29) is 12.0 Å². The van der Waals surface area contributed by atoms with Gasteiger partial charge in [0.25, 0.3) is 0 Å². The summed E-state index contributed by atoms with van der Waals surface area (Å²) in [6.45, 7) is 4.45. The van der Waals surface area contributed by atoms with Crippen molar-refractivity contribution in [3.8, 4) is 0 Å². The van der Waals surface area contributed by atoms with Crippen molar-refractivity contribution in [2.24, 2.45) is 18.7 Å². The van der Waals surface area contributed by atoms with Crippen LogP contribution in [-0.4, -0.2) is 15.0 Å². The summed E-state index contributed by atoms with van der Waals surface area (Å²) in [6, 6.07) is 10.4. The van der Waals surface area contributed by atoms with Crippen LogP contribution >= 0.6 is 0 Å². The van der Waals surface area contributed by atoms with Crippen molar-refractivity contribution in [3.63, 3.8) is 0 Å². The van der Waals surface area contributed by atoms with E-state index < -0.39 is 0 Å². The molecule has 0 spiro atoms. The number of hydrogen-bond acceptors (Lipinski definition) is 3. The van der Waals surface area contributed by atoms with Crippen LogP contribution in [0.25, 0.3) is 0 Å². The number of nitrogens with zero attached hydrogens (tertiary/aromatic N) is 3. The fourth-order valence-electron chi connectivity index (χ4n) is 2.60. The van der Waals surface area contributed by atoms with Crippen LogP contribution in [0.2, 0.25) is 0 Å². The minimum absolute atomic E-state index is 0.0858. The van der Waals surface area contributed by atoms with Crippen LogP contribution in [0.4, 0.5) is 0 Å². The Bertz CT molecular complexity index is 506. The van der Waals surface area contributed by atoms with Gasteiger partial charge in [-0.1, -0.05) is 55.8 Å². The smallest absolute Gasteiger partial charge is 0.0757 e. The molecular formula is C15H22N4. The summed E-state index contributed by atoms with van der Waals surface area (Å²) in [4.78, 5) is 0. The summed E-state index contributed by atoms with van der Waals surface area (Å²) in [5.74, 6) is 0.788. The molecule has 0 fully saturated rings. The standard InChI is InChI=1S/C15H22N4/c1-4-11(2)14(12-8-6-5-7-9-12)15(16)13-10-17-18-19(13)3/h5-11,14-15H,4,16H2,1-3H3. The fraction of sp³-hybridized carbons (Fsp3) is 0.467. The van der Waals surface area contributed by atoms with Crippen molar-refractivity contribution in [3.05, 3.63) is 47.8 Å². The van der Waals surface area contributed by atoms with Crippen molar-refractivity contribution < 1.29 is 0 Å². The average Bonchev–Trinajstić information content (AvgIpc) is 2.86. The van der Waals surface area contributed by atoms with E-state index in [1.54, 1.807) is 10.9 Å². The van der Waals surface area contributed by atoms with E-state index in [1.807, 2.05) is 13.1 Å². The molecule has 102 valence electrons. The fourth-order valence-corrected chi connectivity index (χ4v) is 2.60. The highest BCUT2D eigenvalue weighted by molar-refractivity contribution is 5.24. The largest absolute Gasteiger partial charge is 0.322 e. The van der Waals surface area contributed by atoms with Crippen molar-refractivity contribution in [2.75, 3.05) is 0 Å². The highest BCUT2D eigenvalue weighted by Gasteiger charge is 2.28. The van der Waals surface area contributed by atoms with Gasteiger partial charge in [0.1, 0.15) is 0 Å². The molecule has 4 nitrogen and oxygen atoms in total. The minimum atomic E-state index is -0.0858. The van der Waals surface area contributed by atoms with Crippen LogP contribution in [-0.2, 0) is 7.05 Å². The zero-order valence-electron chi connectivity index (χ0n) is 11.8. The van der Waals surface area contributed by atoms with Gasteiger partial charge in [-0.3, -0.25) is 4.68 Å². The number of aryl methyl sites for hydroxylation is 1. The SMILES string of the molecule is CCC(C)C(c1ccccc1)C(N)c1cnnn1C. The molecule has 3 atom stereocenters. The molecule has 0 bridgehead atoms. The minimum Gasteiger partial charge on any atom is -0.322 e. The van der Waals surface area contributed by atoms with Crippen LogP contribution in [0, 0.1) is 5.92 Å². The summed E-state index contributed by atoms with van der Waals surface area (Å²) in [7, 11) is 1.89. The van der Waals surface area contributed by atoms with Gasteiger partial charge in [0, 0.05) is 13.0 Å². The Morgan fingerprint density at radius 2 is 1.95 bits per heavy atom. The maximum atomic E-state index is 6.49. The number of nitrogens with two attached hydrogens (primary N) is 1. The molecule has 0 radical (unpaired) electrons.